The van der Waals surface area contributed by atoms with Gasteiger partial charge in [-0.1, -0.05) is 52.0 Å². The van der Waals surface area contributed by atoms with E-state index < -0.39 is 24.3 Å². The highest BCUT2D eigenvalue weighted by atomic mass is 16.5. The number of carbonyl (C=O) groups excluding carboxylic acids is 4. The number of alkyl carbamates (subject to hydrolysis) is 2. The lowest BCUT2D eigenvalue weighted by Gasteiger charge is -2.31. The third-order valence-electron chi connectivity index (χ3n) is 12.5. The Kier molecular flexibility index (Phi) is 9.71. The van der Waals surface area contributed by atoms with Crippen LogP contribution in [0.25, 0.3) is 33.2 Å². The predicted octanol–water partition coefficient (Wildman–Crippen LogP) is 6.98. The van der Waals surface area contributed by atoms with E-state index in [-0.39, 0.29) is 47.8 Å². The lowest BCUT2D eigenvalue weighted by molar-refractivity contribution is -0.137. The van der Waals surface area contributed by atoms with Crippen molar-refractivity contribution in [1.82, 2.24) is 40.4 Å². The Labute approximate surface area is 341 Å². The average Bonchev–Trinajstić information content (AvgIpc) is 3.88. The third-order valence-corrected chi connectivity index (χ3v) is 12.5. The molecule has 2 saturated heterocycles. The van der Waals surface area contributed by atoms with E-state index in [9.17, 15) is 19.2 Å². The van der Waals surface area contributed by atoms with Gasteiger partial charge in [-0.05, 0) is 96.9 Å². The van der Waals surface area contributed by atoms with E-state index in [1.165, 1.54) is 14.2 Å². The summed E-state index contributed by atoms with van der Waals surface area (Å²) in [5, 5.41) is 5.48. The number of hydrogen-bond donors (Lipinski definition) is 4. The van der Waals surface area contributed by atoms with E-state index >= 15 is 0 Å². The van der Waals surface area contributed by atoms with Gasteiger partial charge in [0.15, 0.2) is 5.75 Å². The minimum atomic E-state index is -0.707. The number of imidazole rings is 2. The molecule has 0 radical (unpaired) electrons. The van der Waals surface area contributed by atoms with E-state index in [4.69, 9.17) is 24.2 Å². The van der Waals surface area contributed by atoms with Gasteiger partial charge in [0, 0.05) is 12.1 Å². The zero-order chi connectivity index (χ0) is 41.3. The van der Waals surface area contributed by atoms with Gasteiger partial charge in [-0.2, -0.15) is 0 Å². The standard InChI is InChI=1S/C44H50N8O7/c1-21(2)36(49-43(55)57-5)41(53)51-31-17-25(31)19-33(51)39-45-28-15-12-24(16-30(28)47-39)23-10-13-27(14-11-23)59-35-9-7-8-29-38(35)48-40(46-29)34-20-26-18-32(26)52(34)42(54)37(22(3)4)50-44(56)58-6/h7-16,21-22,25-26,31-34,36-37H,17-20H2,1-6H3,(H,45,47)(H,46,48)(H,49,55)(H,50,56)/t25-,26-,31-,32-,33+,34+,36+,37+/m1/s1. The first-order chi connectivity index (χ1) is 28.4. The van der Waals surface area contributed by atoms with Crippen molar-refractivity contribution in [3.63, 3.8) is 0 Å². The smallest absolute Gasteiger partial charge is 0.407 e. The number of para-hydroxylation sites is 1. The highest BCUT2D eigenvalue weighted by Crippen LogP contribution is 2.55. The second-order valence-electron chi connectivity index (χ2n) is 17.1. The molecule has 0 spiro atoms. The number of benzene rings is 3. The topological polar surface area (TPSA) is 184 Å². The van der Waals surface area contributed by atoms with Gasteiger partial charge in [0.2, 0.25) is 11.8 Å². The van der Waals surface area contributed by atoms with Crippen molar-refractivity contribution >= 4 is 46.1 Å². The second kappa shape index (κ2) is 14.9. The number of hydrogen-bond acceptors (Lipinski definition) is 9. The summed E-state index contributed by atoms with van der Waals surface area (Å²) < 4.78 is 16.0. The van der Waals surface area contributed by atoms with Gasteiger partial charge in [0.1, 0.15) is 35.0 Å². The van der Waals surface area contributed by atoms with Crippen LogP contribution in [0.1, 0.15) is 77.1 Å². The fourth-order valence-corrected chi connectivity index (χ4v) is 9.23. The number of carbonyl (C=O) groups is 4. The van der Waals surface area contributed by atoms with Crippen molar-refractivity contribution in [2.45, 2.75) is 89.6 Å². The third kappa shape index (κ3) is 7.10. The summed E-state index contributed by atoms with van der Waals surface area (Å²) in [6.07, 6.45) is 2.30. The fourth-order valence-electron chi connectivity index (χ4n) is 9.23. The van der Waals surface area contributed by atoms with Crippen LogP contribution >= 0.6 is 0 Å². The van der Waals surface area contributed by atoms with Crippen LogP contribution in [0.4, 0.5) is 9.59 Å². The molecular formula is C44H50N8O7. The summed E-state index contributed by atoms with van der Waals surface area (Å²) in [6, 6.07) is 18.2. The molecule has 15 heteroatoms. The molecule has 9 rings (SSSR count). The van der Waals surface area contributed by atoms with Gasteiger partial charge in [0.25, 0.3) is 0 Å². The first-order valence-corrected chi connectivity index (χ1v) is 20.5. The Balaban J connectivity index is 0.909. The lowest BCUT2D eigenvalue weighted by atomic mass is 10.0. The molecule has 0 unspecified atom stereocenters. The number of nitrogens with one attached hydrogen (secondary N) is 4. The fraction of sp³-hybridized carbons (Fsp3) is 0.455. The Morgan fingerprint density at radius 1 is 0.678 bits per heavy atom. The number of H-pyrrole nitrogens is 2. The second-order valence-corrected chi connectivity index (χ2v) is 17.1. The quantitative estimate of drug-likeness (QED) is 0.109. The SMILES string of the molecule is COC(=O)N[C@H](C(=O)N1[C@@H]2C[C@@H]2C[C@H]1c1nc2ccc(-c3ccc(Oc4cccc5[nH]c([C@@H]6C[C@H]7C[C@H]7N6C(=O)[C@@H](NC(=O)OC)C(C)C)nc45)cc3)cc2[nH]1)C(C)C. The predicted molar refractivity (Wildman–Crippen MR) is 218 cm³/mol. The molecule has 4 amide bonds. The number of methoxy groups -OCH3 is 2. The Bertz CT molecular complexity index is 2440. The minimum absolute atomic E-state index is 0.109. The molecule has 4 fully saturated rings. The summed E-state index contributed by atoms with van der Waals surface area (Å²) >= 11 is 0. The zero-order valence-electron chi connectivity index (χ0n) is 34.0. The zero-order valence-corrected chi connectivity index (χ0v) is 34.0. The number of amides is 4. The highest BCUT2D eigenvalue weighted by molar-refractivity contribution is 5.89. The first-order valence-electron chi connectivity index (χ1n) is 20.5. The van der Waals surface area contributed by atoms with E-state index in [1.54, 1.807) is 0 Å². The van der Waals surface area contributed by atoms with E-state index in [2.05, 4.69) is 26.7 Å². The van der Waals surface area contributed by atoms with Crippen molar-refractivity contribution in [2.75, 3.05) is 14.2 Å². The van der Waals surface area contributed by atoms with E-state index in [0.29, 0.717) is 34.7 Å². The maximum Gasteiger partial charge on any atom is 0.407 e. The number of aromatic nitrogens is 4. The Morgan fingerprint density at radius 3 is 1.78 bits per heavy atom. The molecule has 59 heavy (non-hydrogen) atoms. The summed E-state index contributed by atoms with van der Waals surface area (Å²) in [7, 11) is 2.59. The summed E-state index contributed by atoms with van der Waals surface area (Å²) in [4.78, 5) is 72.7. The summed E-state index contributed by atoms with van der Waals surface area (Å²) in [5.74, 6) is 3.06. The van der Waals surface area contributed by atoms with Crippen LogP contribution in [0.2, 0.25) is 0 Å². The molecular weight excluding hydrogens is 753 g/mol. The van der Waals surface area contributed by atoms with Crippen LogP contribution in [0, 0.1) is 23.7 Å². The van der Waals surface area contributed by atoms with Gasteiger partial charge in [-0.15, -0.1) is 0 Å². The van der Waals surface area contributed by atoms with Crippen molar-refractivity contribution < 1.29 is 33.4 Å². The van der Waals surface area contributed by atoms with Gasteiger partial charge in [-0.3, -0.25) is 9.59 Å². The molecule has 5 aromatic rings. The van der Waals surface area contributed by atoms with Crippen LogP contribution in [-0.4, -0.2) is 92.1 Å². The number of aromatic amines is 2. The number of likely N-dealkylation sites (tertiary alicyclic amines) is 2. The number of rotatable bonds is 11. The molecule has 4 N–H and O–H groups in total. The van der Waals surface area contributed by atoms with Crippen molar-refractivity contribution in [1.29, 1.82) is 0 Å². The first kappa shape index (κ1) is 38.4. The Hall–Kier alpha value is -6.12. The van der Waals surface area contributed by atoms with Crippen LogP contribution < -0.4 is 15.4 Å². The molecule has 2 aromatic heterocycles. The van der Waals surface area contributed by atoms with Gasteiger partial charge < -0.3 is 44.6 Å². The van der Waals surface area contributed by atoms with Gasteiger partial charge in [-0.25, -0.2) is 19.6 Å². The van der Waals surface area contributed by atoms with Crippen LogP contribution in [0.5, 0.6) is 11.5 Å². The van der Waals surface area contributed by atoms with E-state index in [0.717, 1.165) is 59.2 Å². The molecule has 2 aliphatic carbocycles. The van der Waals surface area contributed by atoms with Gasteiger partial charge in [0.05, 0.1) is 42.9 Å². The normalized spacial score (nSPS) is 23.9. The summed E-state index contributed by atoms with van der Waals surface area (Å²) in [5.41, 5.74) is 5.16. The van der Waals surface area contributed by atoms with Crippen LogP contribution in [0.3, 0.4) is 0 Å². The van der Waals surface area contributed by atoms with Crippen molar-refractivity contribution in [3.05, 3.63) is 72.3 Å². The van der Waals surface area contributed by atoms with Crippen LogP contribution in [-0.2, 0) is 19.1 Å². The largest absolute Gasteiger partial charge is 0.455 e. The lowest BCUT2D eigenvalue weighted by Crippen LogP contribution is -2.52. The van der Waals surface area contributed by atoms with Crippen LogP contribution in [0.15, 0.2) is 60.7 Å². The molecule has 4 aliphatic rings. The number of piperidine rings is 2. The molecule has 4 heterocycles. The molecule has 15 nitrogen and oxygen atoms in total. The molecule has 308 valence electrons. The molecule has 3 aromatic carbocycles. The highest BCUT2D eigenvalue weighted by Gasteiger charge is 2.57. The number of nitrogens with zero attached hydrogens (tertiary/aromatic N) is 4. The monoisotopic (exact) mass is 802 g/mol. The summed E-state index contributed by atoms with van der Waals surface area (Å²) in [6.45, 7) is 7.66. The van der Waals surface area contributed by atoms with Crippen molar-refractivity contribution in [3.8, 4) is 22.6 Å². The Morgan fingerprint density at radius 2 is 1.22 bits per heavy atom. The number of ether oxygens (including phenoxy) is 3. The number of fused-ring (bicyclic) bond motifs is 4. The van der Waals surface area contributed by atoms with Gasteiger partial charge >= 0.3 is 12.2 Å². The molecule has 2 aliphatic heterocycles. The van der Waals surface area contributed by atoms with Crippen molar-refractivity contribution in [2.24, 2.45) is 23.7 Å². The van der Waals surface area contributed by atoms with E-state index in [1.807, 2.05) is 92.1 Å². The molecule has 8 atom stereocenters. The maximum absolute atomic E-state index is 13.9. The minimum Gasteiger partial charge on any atom is -0.455 e. The molecule has 0 bridgehead atoms. The molecule has 2 saturated carbocycles. The average molecular weight is 803 g/mol. The maximum atomic E-state index is 13.9.